The van der Waals surface area contributed by atoms with Gasteiger partial charge in [-0.2, -0.15) is 0 Å². The van der Waals surface area contributed by atoms with E-state index in [9.17, 15) is 4.79 Å². The van der Waals surface area contributed by atoms with Crippen LogP contribution in [0.2, 0.25) is 0 Å². The largest absolute Gasteiger partial charge is 0.496 e. The Kier molecular flexibility index (Phi) is 5.91. The lowest BCUT2D eigenvalue weighted by molar-refractivity contribution is -0.121. The second-order valence-electron chi connectivity index (χ2n) is 6.65. The molecule has 1 aromatic rings. The lowest BCUT2D eigenvalue weighted by Crippen LogP contribution is -2.20. The Balaban J connectivity index is 2.54. The van der Waals surface area contributed by atoms with Gasteiger partial charge in [-0.1, -0.05) is 13.8 Å². The van der Waals surface area contributed by atoms with Crippen molar-refractivity contribution in [3.8, 4) is 17.2 Å². The fourth-order valence-electron chi connectivity index (χ4n) is 3.66. The zero-order chi connectivity index (χ0) is 17.0. The summed E-state index contributed by atoms with van der Waals surface area (Å²) >= 11 is 0. The molecule has 2 rings (SSSR count). The van der Waals surface area contributed by atoms with Crippen molar-refractivity contribution >= 4 is 5.78 Å². The van der Waals surface area contributed by atoms with Crippen LogP contribution in [0.5, 0.6) is 17.2 Å². The first-order chi connectivity index (χ1) is 11.0. The third kappa shape index (κ3) is 3.80. The first kappa shape index (κ1) is 17.6. The zero-order valence-electron chi connectivity index (χ0n) is 14.8. The number of carbonyl (C=O) groups excluding carboxylic acids is 1. The first-order valence-electron chi connectivity index (χ1n) is 8.34. The number of benzene rings is 1. The van der Waals surface area contributed by atoms with Gasteiger partial charge in [-0.15, -0.1) is 0 Å². The molecule has 23 heavy (non-hydrogen) atoms. The van der Waals surface area contributed by atoms with Crippen LogP contribution >= 0.6 is 0 Å². The number of hydrogen-bond acceptors (Lipinski definition) is 4. The molecule has 1 aromatic carbocycles. The van der Waals surface area contributed by atoms with E-state index in [4.69, 9.17) is 14.2 Å². The molecule has 1 fully saturated rings. The fourth-order valence-corrected chi connectivity index (χ4v) is 3.66. The highest BCUT2D eigenvalue weighted by Crippen LogP contribution is 2.47. The number of hydrogen-bond donors (Lipinski definition) is 0. The predicted octanol–water partition coefficient (Wildman–Crippen LogP) is 4.21. The van der Waals surface area contributed by atoms with Gasteiger partial charge >= 0.3 is 0 Å². The molecule has 0 bridgehead atoms. The van der Waals surface area contributed by atoms with Crippen molar-refractivity contribution in [3.05, 3.63) is 17.7 Å². The van der Waals surface area contributed by atoms with Gasteiger partial charge in [-0.05, 0) is 25.2 Å². The summed E-state index contributed by atoms with van der Waals surface area (Å²) in [5.41, 5.74) is 1.00. The van der Waals surface area contributed by atoms with E-state index in [1.165, 1.54) is 0 Å². The summed E-state index contributed by atoms with van der Waals surface area (Å²) in [5, 5.41) is 0. The number of carbonyl (C=O) groups is 1. The second-order valence-corrected chi connectivity index (χ2v) is 6.65. The minimum atomic E-state index is 0.0635. The van der Waals surface area contributed by atoms with Crippen molar-refractivity contribution in [3.63, 3.8) is 0 Å². The molecule has 0 N–H and O–H groups in total. The molecule has 4 nitrogen and oxygen atoms in total. The van der Waals surface area contributed by atoms with Crippen molar-refractivity contribution in [1.82, 2.24) is 0 Å². The molecule has 1 saturated carbocycles. The Hall–Kier alpha value is -1.71. The van der Waals surface area contributed by atoms with Crippen molar-refractivity contribution in [1.29, 1.82) is 0 Å². The molecule has 0 radical (unpaired) electrons. The molecule has 0 amide bonds. The average molecular weight is 320 g/mol. The summed E-state index contributed by atoms with van der Waals surface area (Å²) < 4.78 is 16.6. The number of methoxy groups -OCH3 is 3. The maximum atomic E-state index is 12.4. The van der Waals surface area contributed by atoms with Gasteiger partial charge in [0.15, 0.2) is 0 Å². The van der Waals surface area contributed by atoms with Crippen molar-refractivity contribution < 1.29 is 19.0 Å². The third-order valence-electron chi connectivity index (χ3n) is 4.69. The van der Waals surface area contributed by atoms with Crippen molar-refractivity contribution in [2.45, 2.75) is 45.4 Å². The third-order valence-corrected chi connectivity index (χ3v) is 4.69. The quantitative estimate of drug-likeness (QED) is 0.755. The van der Waals surface area contributed by atoms with Gasteiger partial charge in [0.05, 0.1) is 21.3 Å². The van der Waals surface area contributed by atoms with Crippen molar-refractivity contribution in [2.24, 2.45) is 11.8 Å². The van der Waals surface area contributed by atoms with Gasteiger partial charge in [0, 0.05) is 36.0 Å². The average Bonchev–Trinajstić information content (AvgIpc) is 2.97. The summed E-state index contributed by atoms with van der Waals surface area (Å²) in [6.07, 6.45) is 3.57. The Morgan fingerprint density at radius 2 is 1.70 bits per heavy atom. The van der Waals surface area contributed by atoms with E-state index in [-0.39, 0.29) is 11.8 Å². The molecule has 0 aromatic heterocycles. The van der Waals surface area contributed by atoms with Crippen molar-refractivity contribution in [2.75, 3.05) is 21.3 Å². The number of rotatable bonds is 7. The predicted molar refractivity (Wildman–Crippen MR) is 90.6 cm³/mol. The van der Waals surface area contributed by atoms with E-state index in [0.29, 0.717) is 23.9 Å². The van der Waals surface area contributed by atoms with Gasteiger partial charge in [-0.3, -0.25) is 4.79 Å². The van der Waals surface area contributed by atoms with Crippen LogP contribution < -0.4 is 14.2 Å². The minimum absolute atomic E-state index is 0.0635. The molecule has 1 aliphatic carbocycles. The van der Waals surface area contributed by atoms with Gasteiger partial charge in [0.1, 0.15) is 23.0 Å². The molecule has 0 aliphatic heterocycles. The SMILES string of the molecule is COc1cc(OC)c([C@H](CC(C)C)[C@H]2CCCC2=O)c(OC)c1. The molecular weight excluding hydrogens is 292 g/mol. The molecule has 0 heterocycles. The van der Waals surface area contributed by atoms with E-state index in [1.807, 2.05) is 12.1 Å². The summed E-state index contributed by atoms with van der Waals surface area (Å²) in [6, 6.07) is 3.76. The smallest absolute Gasteiger partial charge is 0.136 e. The van der Waals surface area contributed by atoms with Gasteiger partial charge in [0.25, 0.3) is 0 Å². The Morgan fingerprint density at radius 3 is 2.09 bits per heavy atom. The number of ketones is 1. The standard InChI is InChI=1S/C19H28O4/c1-12(2)9-15(14-7-6-8-16(14)20)19-17(22-4)10-13(21-3)11-18(19)23-5/h10-12,14-15H,6-9H2,1-5H3/t14-,15-/m1/s1. The van der Waals surface area contributed by atoms with Crippen LogP contribution in [0.3, 0.4) is 0 Å². The monoisotopic (exact) mass is 320 g/mol. The molecule has 4 heteroatoms. The Bertz CT molecular complexity index is 525. The molecule has 128 valence electrons. The highest BCUT2D eigenvalue weighted by atomic mass is 16.5. The van der Waals surface area contributed by atoms with E-state index < -0.39 is 0 Å². The second kappa shape index (κ2) is 7.71. The van der Waals surface area contributed by atoms with Crippen LogP contribution in [0, 0.1) is 11.8 Å². The van der Waals surface area contributed by atoms with Gasteiger partial charge in [-0.25, -0.2) is 0 Å². The highest BCUT2D eigenvalue weighted by molar-refractivity contribution is 5.84. The fraction of sp³-hybridized carbons (Fsp3) is 0.632. The van der Waals surface area contributed by atoms with E-state index in [0.717, 1.165) is 36.3 Å². The molecule has 2 atom stereocenters. The molecule has 0 unspecified atom stereocenters. The van der Waals surface area contributed by atoms with E-state index in [2.05, 4.69) is 13.8 Å². The van der Waals surface area contributed by atoms with Gasteiger partial charge in [0.2, 0.25) is 0 Å². The Morgan fingerprint density at radius 1 is 1.09 bits per heavy atom. The first-order valence-corrected chi connectivity index (χ1v) is 8.34. The number of ether oxygens (including phenoxy) is 3. The van der Waals surface area contributed by atoms with Crippen LogP contribution in [-0.4, -0.2) is 27.1 Å². The van der Waals surface area contributed by atoms with Crippen LogP contribution in [-0.2, 0) is 4.79 Å². The summed E-state index contributed by atoms with van der Waals surface area (Å²) in [6.45, 7) is 4.38. The molecule has 0 spiro atoms. The summed E-state index contributed by atoms with van der Waals surface area (Å²) in [7, 11) is 4.93. The summed E-state index contributed by atoms with van der Waals surface area (Å²) in [5.74, 6) is 3.23. The van der Waals surface area contributed by atoms with Crippen LogP contribution in [0.25, 0.3) is 0 Å². The Labute approximate surface area is 139 Å². The molecule has 0 saturated heterocycles. The topological polar surface area (TPSA) is 44.8 Å². The normalized spacial score (nSPS) is 19.0. The van der Waals surface area contributed by atoms with E-state index >= 15 is 0 Å². The van der Waals surface area contributed by atoms with Crippen LogP contribution in [0.15, 0.2) is 12.1 Å². The van der Waals surface area contributed by atoms with Crippen LogP contribution in [0.4, 0.5) is 0 Å². The molecule has 1 aliphatic rings. The maximum absolute atomic E-state index is 12.4. The summed E-state index contributed by atoms with van der Waals surface area (Å²) in [4.78, 5) is 12.4. The van der Waals surface area contributed by atoms with E-state index in [1.54, 1.807) is 21.3 Å². The zero-order valence-corrected chi connectivity index (χ0v) is 14.8. The number of Topliss-reactive ketones (excluding diaryl/α,β-unsaturated/α-hetero) is 1. The van der Waals surface area contributed by atoms with Gasteiger partial charge < -0.3 is 14.2 Å². The van der Waals surface area contributed by atoms with Crippen LogP contribution in [0.1, 0.15) is 51.0 Å². The highest BCUT2D eigenvalue weighted by Gasteiger charge is 2.36. The maximum Gasteiger partial charge on any atom is 0.136 e. The minimum Gasteiger partial charge on any atom is -0.496 e. The molecular formula is C19H28O4. The lowest BCUT2D eigenvalue weighted by Gasteiger charge is -2.28. The lowest BCUT2D eigenvalue weighted by atomic mass is 9.78.